The summed E-state index contributed by atoms with van der Waals surface area (Å²) in [6.45, 7) is 0. The number of fused-ring (bicyclic) bond motifs is 1. The minimum absolute atomic E-state index is 0.0684. The van der Waals surface area contributed by atoms with Crippen LogP contribution in [0.4, 0.5) is 0 Å². The first-order valence-electron chi connectivity index (χ1n) is 4.44. The number of phenols is 1. The number of nitrogens with two attached hydrogens (primary N) is 1. The zero-order valence-electron chi connectivity index (χ0n) is 7.53. The number of aryl methyl sites for hydroxylation is 1. The highest BCUT2D eigenvalue weighted by atomic mass is 16.4. The van der Waals surface area contributed by atoms with Crippen molar-refractivity contribution in [1.82, 2.24) is 0 Å². The molecule has 14 heavy (non-hydrogen) atoms. The summed E-state index contributed by atoms with van der Waals surface area (Å²) in [5.41, 5.74) is 7.53. The average Bonchev–Trinajstić information content (AvgIpc) is 2.46. The SMILES string of the molecule is N[C@@H]1CCc2cc(O)c(C(=O)O)cc21. The van der Waals surface area contributed by atoms with Crippen LogP contribution in [-0.2, 0) is 6.42 Å². The van der Waals surface area contributed by atoms with E-state index in [1.54, 1.807) is 0 Å². The van der Waals surface area contributed by atoms with Crippen LogP contribution in [-0.4, -0.2) is 16.2 Å². The average molecular weight is 193 g/mol. The van der Waals surface area contributed by atoms with Gasteiger partial charge in [0.05, 0.1) is 0 Å². The van der Waals surface area contributed by atoms with E-state index < -0.39 is 5.97 Å². The van der Waals surface area contributed by atoms with E-state index in [9.17, 15) is 9.90 Å². The Morgan fingerprint density at radius 2 is 2.21 bits per heavy atom. The van der Waals surface area contributed by atoms with Crippen molar-refractivity contribution in [3.63, 3.8) is 0 Å². The largest absolute Gasteiger partial charge is 0.507 e. The predicted molar refractivity (Wildman–Crippen MR) is 50.3 cm³/mol. The smallest absolute Gasteiger partial charge is 0.339 e. The third-order valence-corrected chi connectivity index (χ3v) is 2.61. The second kappa shape index (κ2) is 2.99. The first-order chi connectivity index (χ1) is 6.59. The molecule has 2 rings (SSSR count). The van der Waals surface area contributed by atoms with E-state index in [1.807, 2.05) is 0 Å². The second-order valence-electron chi connectivity index (χ2n) is 3.52. The molecule has 0 bridgehead atoms. The van der Waals surface area contributed by atoms with Gasteiger partial charge in [0.1, 0.15) is 11.3 Å². The van der Waals surface area contributed by atoms with Gasteiger partial charge in [-0.25, -0.2) is 4.79 Å². The van der Waals surface area contributed by atoms with Crippen LogP contribution in [0.3, 0.4) is 0 Å². The monoisotopic (exact) mass is 193 g/mol. The Kier molecular flexibility index (Phi) is 1.93. The number of carboxylic acids is 1. The molecule has 0 saturated carbocycles. The molecule has 74 valence electrons. The van der Waals surface area contributed by atoms with E-state index in [0.717, 1.165) is 24.0 Å². The van der Waals surface area contributed by atoms with Crippen LogP contribution in [0.15, 0.2) is 12.1 Å². The van der Waals surface area contributed by atoms with Crippen molar-refractivity contribution in [2.24, 2.45) is 5.73 Å². The Labute approximate surface area is 81.0 Å². The van der Waals surface area contributed by atoms with E-state index in [1.165, 1.54) is 12.1 Å². The summed E-state index contributed by atoms with van der Waals surface area (Å²) in [5, 5.41) is 18.2. The van der Waals surface area contributed by atoms with Crippen LogP contribution in [0, 0.1) is 0 Å². The molecule has 0 fully saturated rings. The minimum atomic E-state index is -1.12. The zero-order valence-corrected chi connectivity index (χ0v) is 7.53. The van der Waals surface area contributed by atoms with Crippen LogP contribution in [0.5, 0.6) is 5.75 Å². The Balaban J connectivity index is 2.57. The molecule has 1 atom stereocenters. The quantitative estimate of drug-likeness (QED) is 0.622. The molecule has 4 N–H and O–H groups in total. The molecule has 0 aliphatic heterocycles. The summed E-state index contributed by atoms with van der Waals surface area (Å²) < 4.78 is 0. The molecule has 1 aliphatic carbocycles. The summed E-state index contributed by atoms with van der Waals surface area (Å²) in [5.74, 6) is -1.30. The van der Waals surface area contributed by atoms with E-state index >= 15 is 0 Å². The van der Waals surface area contributed by atoms with Gasteiger partial charge in [-0.15, -0.1) is 0 Å². The predicted octanol–water partition coefficient (Wildman–Crippen LogP) is 1.04. The highest BCUT2D eigenvalue weighted by molar-refractivity contribution is 5.91. The van der Waals surface area contributed by atoms with Crippen molar-refractivity contribution in [1.29, 1.82) is 0 Å². The summed E-state index contributed by atoms with van der Waals surface area (Å²) in [7, 11) is 0. The van der Waals surface area contributed by atoms with Crippen molar-refractivity contribution < 1.29 is 15.0 Å². The lowest BCUT2D eigenvalue weighted by Gasteiger charge is -2.07. The highest BCUT2D eigenvalue weighted by Gasteiger charge is 2.22. The number of rotatable bonds is 1. The fourth-order valence-corrected chi connectivity index (χ4v) is 1.85. The van der Waals surface area contributed by atoms with Gasteiger partial charge in [0.15, 0.2) is 0 Å². The number of hydrogen-bond acceptors (Lipinski definition) is 3. The highest BCUT2D eigenvalue weighted by Crippen LogP contribution is 2.33. The molecular formula is C10H11NO3. The van der Waals surface area contributed by atoms with E-state index in [-0.39, 0.29) is 17.4 Å². The van der Waals surface area contributed by atoms with E-state index in [4.69, 9.17) is 10.8 Å². The lowest BCUT2D eigenvalue weighted by molar-refractivity contribution is 0.0693. The number of aromatic carboxylic acids is 1. The number of carboxylic acid groups (broad SMARTS) is 1. The number of carbonyl (C=O) groups is 1. The zero-order chi connectivity index (χ0) is 10.3. The van der Waals surface area contributed by atoms with Crippen molar-refractivity contribution >= 4 is 5.97 Å². The Bertz CT molecular complexity index is 401. The summed E-state index contributed by atoms with van der Waals surface area (Å²) >= 11 is 0. The van der Waals surface area contributed by atoms with Crippen LogP contribution < -0.4 is 5.73 Å². The van der Waals surface area contributed by atoms with Crippen molar-refractivity contribution in [3.8, 4) is 5.75 Å². The van der Waals surface area contributed by atoms with Crippen molar-refractivity contribution in [2.45, 2.75) is 18.9 Å². The number of aromatic hydroxyl groups is 1. The van der Waals surface area contributed by atoms with Gasteiger partial charge in [-0.05, 0) is 36.1 Å². The fourth-order valence-electron chi connectivity index (χ4n) is 1.85. The molecule has 0 unspecified atom stereocenters. The molecule has 1 aromatic carbocycles. The van der Waals surface area contributed by atoms with Gasteiger partial charge in [-0.1, -0.05) is 0 Å². The van der Waals surface area contributed by atoms with Crippen LogP contribution >= 0.6 is 0 Å². The third kappa shape index (κ3) is 1.24. The van der Waals surface area contributed by atoms with Crippen LogP contribution in [0.2, 0.25) is 0 Å². The van der Waals surface area contributed by atoms with Gasteiger partial charge in [-0.2, -0.15) is 0 Å². The van der Waals surface area contributed by atoms with Gasteiger partial charge in [0.2, 0.25) is 0 Å². The lowest BCUT2D eigenvalue weighted by Crippen LogP contribution is -2.07. The van der Waals surface area contributed by atoms with Gasteiger partial charge < -0.3 is 15.9 Å². The van der Waals surface area contributed by atoms with Crippen LogP contribution in [0.25, 0.3) is 0 Å². The maximum Gasteiger partial charge on any atom is 0.339 e. The third-order valence-electron chi connectivity index (χ3n) is 2.61. The standard InChI is InChI=1S/C10H11NO3/c11-8-2-1-5-3-9(12)7(10(13)14)4-6(5)8/h3-4,8,12H,1-2,11H2,(H,13,14)/t8-/m1/s1. The van der Waals surface area contributed by atoms with E-state index in [2.05, 4.69) is 0 Å². The number of hydrogen-bond donors (Lipinski definition) is 3. The maximum atomic E-state index is 10.7. The molecule has 0 radical (unpaired) electrons. The van der Waals surface area contributed by atoms with Gasteiger partial charge in [0.25, 0.3) is 0 Å². The Hall–Kier alpha value is -1.55. The van der Waals surface area contributed by atoms with Gasteiger partial charge in [-0.3, -0.25) is 0 Å². The van der Waals surface area contributed by atoms with Gasteiger partial charge >= 0.3 is 5.97 Å². The molecule has 1 aliphatic rings. The fraction of sp³-hybridized carbons (Fsp3) is 0.300. The minimum Gasteiger partial charge on any atom is -0.507 e. The van der Waals surface area contributed by atoms with Crippen molar-refractivity contribution in [3.05, 3.63) is 28.8 Å². The Morgan fingerprint density at radius 3 is 2.86 bits per heavy atom. The normalized spacial score (nSPS) is 19.4. The second-order valence-corrected chi connectivity index (χ2v) is 3.52. The summed E-state index contributed by atoms with van der Waals surface area (Å²) in [6, 6.07) is 2.89. The molecule has 0 heterocycles. The lowest BCUT2D eigenvalue weighted by atomic mass is 10.0. The molecule has 0 amide bonds. The topological polar surface area (TPSA) is 83.5 Å². The van der Waals surface area contributed by atoms with Crippen molar-refractivity contribution in [2.75, 3.05) is 0 Å². The maximum absolute atomic E-state index is 10.7. The summed E-state index contributed by atoms with van der Waals surface area (Å²) in [6.07, 6.45) is 1.63. The van der Waals surface area contributed by atoms with Crippen LogP contribution in [0.1, 0.15) is 33.9 Å². The number of benzene rings is 1. The first-order valence-corrected chi connectivity index (χ1v) is 4.44. The molecule has 4 nitrogen and oxygen atoms in total. The Morgan fingerprint density at radius 1 is 1.50 bits per heavy atom. The summed E-state index contributed by atoms with van der Waals surface area (Å²) in [4.78, 5) is 10.7. The molecule has 4 heteroatoms. The molecule has 0 spiro atoms. The molecule has 1 aromatic rings. The molecule has 0 saturated heterocycles. The molecular weight excluding hydrogens is 182 g/mol. The first kappa shape index (κ1) is 9.02. The van der Waals surface area contributed by atoms with E-state index in [0.29, 0.717) is 0 Å². The van der Waals surface area contributed by atoms with Gasteiger partial charge in [0, 0.05) is 6.04 Å². The molecule has 0 aromatic heterocycles.